The van der Waals surface area contributed by atoms with Crippen LogP contribution in [-0.4, -0.2) is 31.2 Å². The van der Waals surface area contributed by atoms with Gasteiger partial charge in [0.25, 0.3) is 0 Å². The van der Waals surface area contributed by atoms with Crippen LogP contribution in [0.15, 0.2) is 24.4 Å². The number of hydrogen-bond acceptors (Lipinski definition) is 3. The van der Waals surface area contributed by atoms with E-state index in [1.54, 1.807) is 0 Å². The van der Waals surface area contributed by atoms with E-state index in [0.29, 0.717) is 6.04 Å². The molecule has 0 bridgehead atoms. The number of likely N-dealkylation sites (N-methyl/N-ethyl adjacent to an activating group) is 1. The SMILES string of the molecule is CN(C[C@H]1CCCCN1)c1ccccn1. The van der Waals surface area contributed by atoms with Gasteiger partial charge in [-0.2, -0.15) is 0 Å². The van der Waals surface area contributed by atoms with Crippen LogP contribution in [0.5, 0.6) is 0 Å². The normalized spacial score (nSPS) is 21.3. The number of piperidine rings is 1. The molecule has 0 aliphatic carbocycles. The number of pyridine rings is 1. The maximum atomic E-state index is 4.34. The van der Waals surface area contributed by atoms with Gasteiger partial charge >= 0.3 is 0 Å². The maximum Gasteiger partial charge on any atom is 0.128 e. The van der Waals surface area contributed by atoms with Crippen molar-refractivity contribution < 1.29 is 0 Å². The van der Waals surface area contributed by atoms with Crippen molar-refractivity contribution in [2.45, 2.75) is 25.3 Å². The summed E-state index contributed by atoms with van der Waals surface area (Å²) >= 11 is 0. The first-order valence-electron chi connectivity index (χ1n) is 5.72. The van der Waals surface area contributed by atoms with Gasteiger partial charge in [0.15, 0.2) is 0 Å². The summed E-state index contributed by atoms with van der Waals surface area (Å²) < 4.78 is 0. The molecule has 1 fully saturated rings. The smallest absolute Gasteiger partial charge is 0.128 e. The molecule has 1 aromatic heterocycles. The van der Waals surface area contributed by atoms with Gasteiger partial charge < -0.3 is 10.2 Å². The van der Waals surface area contributed by atoms with Gasteiger partial charge in [-0.1, -0.05) is 12.5 Å². The van der Waals surface area contributed by atoms with Gasteiger partial charge in [0.1, 0.15) is 5.82 Å². The van der Waals surface area contributed by atoms with Gasteiger partial charge in [-0.05, 0) is 31.5 Å². The molecular formula is C12H19N3. The third-order valence-electron chi connectivity index (χ3n) is 2.95. The molecular weight excluding hydrogens is 186 g/mol. The van der Waals surface area contributed by atoms with Crippen molar-refractivity contribution in [3.8, 4) is 0 Å². The number of nitrogens with one attached hydrogen (secondary N) is 1. The fourth-order valence-electron chi connectivity index (χ4n) is 2.08. The van der Waals surface area contributed by atoms with Crippen LogP contribution in [0.1, 0.15) is 19.3 Å². The highest BCUT2D eigenvalue weighted by Gasteiger charge is 2.14. The third kappa shape index (κ3) is 2.93. The lowest BCUT2D eigenvalue weighted by molar-refractivity contribution is 0.403. The number of rotatable bonds is 3. The standard InChI is InChI=1S/C12H19N3/c1-15(12-7-3-5-9-14-12)10-11-6-2-4-8-13-11/h3,5,7,9,11,13H,2,4,6,8,10H2,1H3/t11-/m1/s1. The van der Waals surface area contributed by atoms with Gasteiger partial charge in [-0.3, -0.25) is 0 Å². The van der Waals surface area contributed by atoms with E-state index >= 15 is 0 Å². The van der Waals surface area contributed by atoms with Crippen molar-refractivity contribution in [2.75, 3.05) is 25.0 Å². The molecule has 1 aromatic rings. The monoisotopic (exact) mass is 205 g/mol. The summed E-state index contributed by atoms with van der Waals surface area (Å²) in [6.45, 7) is 2.22. The highest BCUT2D eigenvalue weighted by Crippen LogP contribution is 2.12. The zero-order valence-corrected chi connectivity index (χ0v) is 9.32. The first-order valence-corrected chi connectivity index (χ1v) is 5.72. The molecule has 1 atom stereocenters. The van der Waals surface area contributed by atoms with E-state index < -0.39 is 0 Å². The molecule has 3 heteroatoms. The topological polar surface area (TPSA) is 28.2 Å². The average Bonchev–Trinajstić information content (AvgIpc) is 2.31. The lowest BCUT2D eigenvalue weighted by Crippen LogP contribution is -2.42. The second-order valence-electron chi connectivity index (χ2n) is 4.22. The minimum atomic E-state index is 0.630. The Bertz CT molecular complexity index is 280. The molecule has 1 aliphatic heterocycles. The van der Waals surface area contributed by atoms with Crippen LogP contribution in [-0.2, 0) is 0 Å². The summed E-state index contributed by atoms with van der Waals surface area (Å²) in [5.41, 5.74) is 0. The third-order valence-corrected chi connectivity index (χ3v) is 2.95. The molecule has 1 aliphatic rings. The van der Waals surface area contributed by atoms with Crippen LogP contribution in [0.25, 0.3) is 0 Å². The quantitative estimate of drug-likeness (QED) is 0.813. The number of anilines is 1. The lowest BCUT2D eigenvalue weighted by Gasteiger charge is -2.28. The molecule has 0 unspecified atom stereocenters. The van der Waals surface area contributed by atoms with Crippen molar-refractivity contribution in [1.29, 1.82) is 0 Å². The first-order chi connectivity index (χ1) is 7.36. The lowest BCUT2D eigenvalue weighted by atomic mass is 10.0. The molecule has 0 saturated carbocycles. The molecule has 0 radical (unpaired) electrons. The van der Waals surface area contributed by atoms with Crippen molar-refractivity contribution >= 4 is 5.82 Å². The minimum Gasteiger partial charge on any atom is -0.358 e. The molecule has 0 aromatic carbocycles. The number of aromatic nitrogens is 1. The van der Waals surface area contributed by atoms with Gasteiger partial charge in [0.2, 0.25) is 0 Å². The summed E-state index contributed by atoms with van der Waals surface area (Å²) in [6, 6.07) is 6.68. The Labute approximate surface area is 91.5 Å². The first kappa shape index (κ1) is 10.4. The van der Waals surface area contributed by atoms with Crippen molar-refractivity contribution in [2.24, 2.45) is 0 Å². The summed E-state index contributed by atoms with van der Waals surface area (Å²) in [4.78, 5) is 6.57. The van der Waals surface area contributed by atoms with Gasteiger partial charge in [0.05, 0.1) is 0 Å². The molecule has 15 heavy (non-hydrogen) atoms. The van der Waals surface area contributed by atoms with Crippen LogP contribution in [0.2, 0.25) is 0 Å². The van der Waals surface area contributed by atoms with Crippen molar-refractivity contribution in [1.82, 2.24) is 10.3 Å². The molecule has 0 amide bonds. The van der Waals surface area contributed by atoms with Crippen LogP contribution < -0.4 is 10.2 Å². The van der Waals surface area contributed by atoms with E-state index in [9.17, 15) is 0 Å². The predicted molar refractivity (Wildman–Crippen MR) is 63.1 cm³/mol. The minimum absolute atomic E-state index is 0.630. The van der Waals surface area contributed by atoms with E-state index in [4.69, 9.17) is 0 Å². The Balaban J connectivity index is 1.88. The Morgan fingerprint density at radius 3 is 3.07 bits per heavy atom. The van der Waals surface area contributed by atoms with Gasteiger partial charge in [-0.25, -0.2) is 4.98 Å². The van der Waals surface area contributed by atoms with Crippen molar-refractivity contribution in [3.63, 3.8) is 0 Å². The summed E-state index contributed by atoms with van der Waals surface area (Å²) in [7, 11) is 2.11. The Hall–Kier alpha value is -1.09. The van der Waals surface area contributed by atoms with Crippen LogP contribution >= 0.6 is 0 Å². The Kier molecular flexibility index (Phi) is 3.56. The van der Waals surface area contributed by atoms with Crippen LogP contribution in [0.4, 0.5) is 5.82 Å². The highest BCUT2D eigenvalue weighted by atomic mass is 15.2. The zero-order valence-electron chi connectivity index (χ0n) is 9.32. The summed E-state index contributed by atoms with van der Waals surface area (Å²) in [5.74, 6) is 1.06. The van der Waals surface area contributed by atoms with Crippen molar-refractivity contribution in [3.05, 3.63) is 24.4 Å². The van der Waals surface area contributed by atoms with Crippen LogP contribution in [0, 0.1) is 0 Å². The molecule has 1 N–H and O–H groups in total. The fourth-order valence-corrected chi connectivity index (χ4v) is 2.08. The number of nitrogens with zero attached hydrogens (tertiary/aromatic N) is 2. The van der Waals surface area contributed by atoms with E-state index in [1.807, 2.05) is 18.3 Å². The molecule has 2 rings (SSSR count). The molecule has 1 saturated heterocycles. The summed E-state index contributed by atoms with van der Waals surface area (Å²) in [5, 5.41) is 3.55. The Morgan fingerprint density at radius 2 is 2.40 bits per heavy atom. The van der Waals surface area contributed by atoms with Gasteiger partial charge in [0, 0.05) is 25.8 Å². The fraction of sp³-hybridized carbons (Fsp3) is 0.583. The molecule has 82 valence electrons. The van der Waals surface area contributed by atoms with E-state index in [-0.39, 0.29) is 0 Å². The highest BCUT2D eigenvalue weighted by molar-refractivity contribution is 5.36. The Morgan fingerprint density at radius 1 is 1.47 bits per heavy atom. The molecule has 2 heterocycles. The summed E-state index contributed by atoms with van der Waals surface area (Å²) in [6.07, 6.45) is 5.81. The van der Waals surface area contributed by atoms with Crippen LogP contribution in [0.3, 0.4) is 0 Å². The van der Waals surface area contributed by atoms with E-state index in [0.717, 1.165) is 12.4 Å². The predicted octanol–water partition coefficient (Wildman–Crippen LogP) is 1.66. The average molecular weight is 205 g/mol. The van der Waals surface area contributed by atoms with E-state index in [1.165, 1.54) is 25.8 Å². The van der Waals surface area contributed by atoms with E-state index in [2.05, 4.69) is 28.3 Å². The largest absolute Gasteiger partial charge is 0.358 e. The zero-order chi connectivity index (χ0) is 10.5. The maximum absolute atomic E-state index is 4.34. The van der Waals surface area contributed by atoms with Gasteiger partial charge in [-0.15, -0.1) is 0 Å². The second-order valence-corrected chi connectivity index (χ2v) is 4.22. The molecule has 3 nitrogen and oxygen atoms in total. The second kappa shape index (κ2) is 5.12. The molecule has 0 spiro atoms. The number of hydrogen-bond donors (Lipinski definition) is 1.